The van der Waals surface area contributed by atoms with Crippen molar-refractivity contribution in [2.24, 2.45) is 0 Å². The molecule has 9 rings (SSSR count). The molecule has 0 fully saturated rings. The van der Waals surface area contributed by atoms with E-state index in [4.69, 9.17) is 0 Å². The van der Waals surface area contributed by atoms with Crippen LogP contribution in [-0.4, -0.2) is 0 Å². The number of benzene rings is 6. The average Bonchev–Trinajstić information content (AvgIpc) is 3.23. The SMILES string of the molecule is CC1(C)c2cc(-c3cc4c5c(cccc5c3)CCC4)ccc2-c2ccc(-c3cc4c5c(cccc5c3)CCC4)cc21. The van der Waals surface area contributed by atoms with E-state index in [0.29, 0.717) is 0 Å². The molecule has 0 atom stereocenters. The molecule has 198 valence electrons. The lowest BCUT2D eigenvalue weighted by Gasteiger charge is -2.23. The Morgan fingerprint density at radius 1 is 0.439 bits per heavy atom. The molecule has 0 nitrogen and oxygen atoms in total. The van der Waals surface area contributed by atoms with Crippen LogP contribution >= 0.6 is 0 Å². The first-order valence-electron chi connectivity index (χ1n) is 15.4. The maximum absolute atomic E-state index is 2.48. The molecule has 0 amide bonds. The van der Waals surface area contributed by atoms with Crippen molar-refractivity contribution in [1.29, 1.82) is 0 Å². The summed E-state index contributed by atoms with van der Waals surface area (Å²) in [7, 11) is 0. The third-order valence-corrected chi connectivity index (χ3v) is 10.4. The van der Waals surface area contributed by atoms with Crippen LogP contribution in [0, 0.1) is 0 Å². The van der Waals surface area contributed by atoms with Gasteiger partial charge >= 0.3 is 0 Å². The van der Waals surface area contributed by atoms with Crippen molar-refractivity contribution in [3.05, 3.63) is 130 Å². The summed E-state index contributed by atoms with van der Waals surface area (Å²) in [4.78, 5) is 0. The van der Waals surface area contributed by atoms with Gasteiger partial charge < -0.3 is 0 Å². The molecule has 0 saturated carbocycles. The minimum Gasteiger partial charge on any atom is -0.0614 e. The Morgan fingerprint density at radius 2 is 0.902 bits per heavy atom. The molecule has 0 N–H and O–H groups in total. The zero-order chi connectivity index (χ0) is 27.3. The summed E-state index contributed by atoms with van der Waals surface area (Å²) >= 11 is 0. The molecule has 0 bridgehead atoms. The van der Waals surface area contributed by atoms with Crippen LogP contribution in [0.1, 0.15) is 60.1 Å². The molecule has 0 spiro atoms. The Balaban J connectivity index is 1.15. The van der Waals surface area contributed by atoms with E-state index in [1.807, 2.05) is 0 Å². The first kappa shape index (κ1) is 23.5. The van der Waals surface area contributed by atoms with Crippen molar-refractivity contribution >= 4 is 21.5 Å². The van der Waals surface area contributed by atoms with Gasteiger partial charge in [0.2, 0.25) is 0 Å². The highest BCUT2D eigenvalue weighted by molar-refractivity contribution is 5.96. The molecule has 3 aliphatic rings. The van der Waals surface area contributed by atoms with Gasteiger partial charge in [0.1, 0.15) is 0 Å². The Kier molecular flexibility index (Phi) is 4.84. The van der Waals surface area contributed by atoms with Gasteiger partial charge in [-0.25, -0.2) is 0 Å². The average molecular weight is 527 g/mol. The Morgan fingerprint density at radius 3 is 1.39 bits per heavy atom. The molecule has 0 aliphatic heterocycles. The number of hydrogen-bond acceptors (Lipinski definition) is 0. The highest BCUT2D eigenvalue weighted by Gasteiger charge is 2.36. The Labute approximate surface area is 242 Å². The number of rotatable bonds is 2. The summed E-state index contributed by atoms with van der Waals surface area (Å²) in [6.07, 6.45) is 7.29. The quantitative estimate of drug-likeness (QED) is 0.210. The molecular weight excluding hydrogens is 492 g/mol. The van der Waals surface area contributed by atoms with Crippen molar-refractivity contribution in [3.8, 4) is 33.4 Å². The second kappa shape index (κ2) is 8.43. The molecule has 0 heteroatoms. The predicted molar refractivity (Wildman–Crippen MR) is 174 cm³/mol. The Bertz CT molecular complexity index is 1920. The normalized spacial score (nSPS) is 16.1. The topological polar surface area (TPSA) is 0 Å². The summed E-state index contributed by atoms with van der Waals surface area (Å²) in [5, 5.41) is 5.79. The molecule has 0 heterocycles. The molecule has 3 aliphatic carbocycles. The van der Waals surface area contributed by atoms with Crippen LogP contribution in [0.15, 0.2) is 97.1 Å². The van der Waals surface area contributed by atoms with Crippen molar-refractivity contribution in [1.82, 2.24) is 0 Å². The second-order valence-corrected chi connectivity index (χ2v) is 13.2. The van der Waals surface area contributed by atoms with Crippen LogP contribution in [0.5, 0.6) is 0 Å². The number of fused-ring (bicyclic) bond motifs is 3. The summed E-state index contributed by atoms with van der Waals surface area (Å²) in [5.74, 6) is 0. The Hall–Kier alpha value is -4.16. The third-order valence-electron chi connectivity index (χ3n) is 10.4. The lowest BCUT2D eigenvalue weighted by molar-refractivity contribution is 0.661. The van der Waals surface area contributed by atoms with Gasteiger partial charge in [-0.3, -0.25) is 0 Å². The molecule has 6 aromatic carbocycles. The predicted octanol–water partition coefficient (Wildman–Crippen LogP) is 10.6. The molecular formula is C41H34. The second-order valence-electron chi connectivity index (χ2n) is 13.2. The van der Waals surface area contributed by atoms with E-state index in [9.17, 15) is 0 Å². The van der Waals surface area contributed by atoms with Gasteiger partial charge in [0.05, 0.1) is 0 Å². The van der Waals surface area contributed by atoms with Crippen LogP contribution in [0.25, 0.3) is 54.9 Å². The molecule has 41 heavy (non-hydrogen) atoms. The third kappa shape index (κ3) is 3.40. The van der Waals surface area contributed by atoms with E-state index in [1.54, 1.807) is 0 Å². The van der Waals surface area contributed by atoms with E-state index in [0.717, 1.165) is 0 Å². The van der Waals surface area contributed by atoms with E-state index in [1.165, 1.54) is 127 Å². The van der Waals surface area contributed by atoms with Crippen molar-refractivity contribution in [2.75, 3.05) is 0 Å². The van der Waals surface area contributed by atoms with E-state index in [-0.39, 0.29) is 5.41 Å². The van der Waals surface area contributed by atoms with Gasteiger partial charge in [-0.15, -0.1) is 0 Å². The smallest absolute Gasteiger partial charge is 0.0159 e. The largest absolute Gasteiger partial charge is 0.0614 e. The number of hydrogen-bond donors (Lipinski definition) is 0. The maximum Gasteiger partial charge on any atom is 0.0159 e. The minimum absolute atomic E-state index is 0.0484. The summed E-state index contributed by atoms with van der Waals surface area (Å²) in [5.41, 5.74) is 17.1. The monoisotopic (exact) mass is 526 g/mol. The zero-order valence-electron chi connectivity index (χ0n) is 24.0. The van der Waals surface area contributed by atoms with E-state index in [2.05, 4.69) is 111 Å². The van der Waals surface area contributed by atoms with Crippen LogP contribution < -0.4 is 0 Å². The molecule has 6 aromatic rings. The van der Waals surface area contributed by atoms with E-state index >= 15 is 0 Å². The van der Waals surface area contributed by atoms with Crippen LogP contribution in [-0.2, 0) is 31.1 Å². The summed E-state index contributed by atoms with van der Waals surface area (Å²) in [6.45, 7) is 4.83. The first-order valence-corrected chi connectivity index (χ1v) is 15.4. The fourth-order valence-corrected chi connectivity index (χ4v) is 8.38. The molecule has 0 aromatic heterocycles. The molecule has 0 unspecified atom stereocenters. The molecule has 0 saturated heterocycles. The zero-order valence-corrected chi connectivity index (χ0v) is 24.0. The van der Waals surface area contributed by atoms with Gasteiger partial charge in [-0.1, -0.05) is 86.6 Å². The number of aryl methyl sites for hydroxylation is 4. The van der Waals surface area contributed by atoms with Crippen molar-refractivity contribution in [2.45, 2.75) is 57.8 Å². The first-order chi connectivity index (χ1) is 20.0. The lowest BCUT2D eigenvalue weighted by Crippen LogP contribution is -2.15. The molecule has 0 radical (unpaired) electrons. The van der Waals surface area contributed by atoms with Gasteiger partial charge in [0.15, 0.2) is 0 Å². The van der Waals surface area contributed by atoms with Gasteiger partial charge in [-0.05, 0) is 151 Å². The highest BCUT2D eigenvalue weighted by Crippen LogP contribution is 2.51. The highest BCUT2D eigenvalue weighted by atomic mass is 14.4. The van der Waals surface area contributed by atoms with Gasteiger partial charge in [-0.2, -0.15) is 0 Å². The summed E-state index contributed by atoms with van der Waals surface area (Å²) in [6, 6.07) is 37.9. The lowest BCUT2D eigenvalue weighted by atomic mass is 9.80. The standard InChI is InChI=1S/C41H34/c1-41(2)37-23-27(33-19-29-11-3-7-25-8-4-12-30(20-33)39(25)29)15-17-35(37)36-18-16-28(24-38(36)41)34-21-31-13-5-9-26-10-6-14-32(22-34)40(26)31/h3,5,7,9,11,13,15-24H,4,6,8,10,12,14H2,1-2H3. The maximum atomic E-state index is 2.48. The van der Waals surface area contributed by atoms with Gasteiger partial charge in [0, 0.05) is 5.41 Å². The van der Waals surface area contributed by atoms with Crippen molar-refractivity contribution < 1.29 is 0 Å². The van der Waals surface area contributed by atoms with Crippen LogP contribution in [0.3, 0.4) is 0 Å². The minimum atomic E-state index is -0.0484. The fraction of sp³-hybridized carbons (Fsp3) is 0.220. The van der Waals surface area contributed by atoms with E-state index < -0.39 is 0 Å². The van der Waals surface area contributed by atoms with Crippen LogP contribution in [0.2, 0.25) is 0 Å². The van der Waals surface area contributed by atoms with Crippen molar-refractivity contribution in [3.63, 3.8) is 0 Å². The summed E-state index contributed by atoms with van der Waals surface area (Å²) < 4.78 is 0. The van der Waals surface area contributed by atoms with Crippen LogP contribution in [0.4, 0.5) is 0 Å². The van der Waals surface area contributed by atoms with Gasteiger partial charge in [0.25, 0.3) is 0 Å². The fourth-order valence-electron chi connectivity index (χ4n) is 8.38.